The van der Waals surface area contributed by atoms with Crippen LogP contribution in [0.15, 0.2) is 47.4 Å². The Balaban J connectivity index is 2.20. The van der Waals surface area contributed by atoms with E-state index in [0.29, 0.717) is 11.3 Å². The minimum atomic E-state index is -3.88. The third kappa shape index (κ3) is 5.01. The van der Waals surface area contributed by atoms with Crippen molar-refractivity contribution in [2.45, 2.75) is 38.3 Å². The fourth-order valence-corrected chi connectivity index (χ4v) is 3.53. The number of rotatable bonds is 7. The molecule has 0 heterocycles. The molecule has 7 nitrogen and oxygen atoms in total. The molecule has 134 valence electrons. The molecular weight excluding hydrogens is 344 g/mol. The largest absolute Gasteiger partial charge is 0.491 e. The molecule has 0 spiro atoms. The second-order valence-electron chi connectivity index (χ2n) is 5.85. The van der Waals surface area contributed by atoms with Crippen LogP contribution < -0.4 is 9.46 Å². The molecule has 0 radical (unpaired) electrons. The number of nitrogens with zero attached hydrogens (tertiary/aromatic N) is 1. The van der Waals surface area contributed by atoms with E-state index in [-0.39, 0.29) is 23.2 Å². The summed E-state index contributed by atoms with van der Waals surface area (Å²) < 4.78 is 33.1. The lowest BCUT2D eigenvalue weighted by Crippen LogP contribution is -2.24. The number of hydrogen-bond donors (Lipinski definition) is 1. The molecule has 0 aliphatic carbocycles. The van der Waals surface area contributed by atoms with E-state index < -0.39 is 14.9 Å². The second-order valence-corrected chi connectivity index (χ2v) is 7.58. The van der Waals surface area contributed by atoms with Crippen LogP contribution in [0.25, 0.3) is 0 Å². The maximum absolute atomic E-state index is 12.5. The van der Waals surface area contributed by atoms with Gasteiger partial charge < -0.3 is 4.74 Å². The topological polar surface area (TPSA) is 98.5 Å². The molecule has 0 fully saturated rings. The van der Waals surface area contributed by atoms with Gasteiger partial charge in [0.15, 0.2) is 0 Å². The molecule has 0 aliphatic heterocycles. The molecule has 1 N–H and O–H groups in total. The first-order valence-corrected chi connectivity index (χ1v) is 9.17. The summed E-state index contributed by atoms with van der Waals surface area (Å²) in [4.78, 5) is 10.2. The van der Waals surface area contributed by atoms with Crippen molar-refractivity contribution in [2.75, 3.05) is 0 Å². The third-order valence-corrected chi connectivity index (χ3v) is 4.95. The predicted molar refractivity (Wildman–Crippen MR) is 94.1 cm³/mol. The number of sulfonamides is 1. The Morgan fingerprint density at radius 2 is 1.92 bits per heavy atom. The Hall–Kier alpha value is -2.45. The Kier molecular flexibility index (Phi) is 5.76. The van der Waals surface area contributed by atoms with Crippen molar-refractivity contribution in [3.05, 3.63) is 63.7 Å². The zero-order valence-electron chi connectivity index (χ0n) is 14.2. The van der Waals surface area contributed by atoms with Gasteiger partial charge in [0, 0.05) is 18.7 Å². The van der Waals surface area contributed by atoms with Crippen LogP contribution in [0.4, 0.5) is 5.69 Å². The van der Waals surface area contributed by atoms with E-state index >= 15 is 0 Å². The Labute approximate surface area is 146 Å². The van der Waals surface area contributed by atoms with Gasteiger partial charge in [0.25, 0.3) is 5.69 Å². The lowest BCUT2D eigenvalue weighted by Gasteiger charge is -2.12. The van der Waals surface area contributed by atoms with Crippen molar-refractivity contribution < 1.29 is 18.1 Å². The highest BCUT2D eigenvalue weighted by molar-refractivity contribution is 7.89. The molecule has 0 unspecified atom stereocenters. The van der Waals surface area contributed by atoms with Crippen LogP contribution in [0.5, 0.6) is 5.75 Å². The van der Waals surface area contributed by atoms with E-state index in [4.69, 9.17) is 4.74 Å². The van der Waals surface area contributed by atoms with Crippen LogP contribution in [-0.2, 0) is 16.6 Å². The summed E-state index contributed by atoms with van der Waals surface area (Å²) in [6, 6.07) is 10.9. The van der Waals surface area contributed by atoms with Gasteiger partial charge in [-0.25, -0.2) is 13.1 Å². The van der Waals surface area contributed by atoms with Gasteiger partial charge in [-0.1, -0.05) is 18.2 Å². The van der Waals surface area contributed by atoms with Crippen LogP contribution in [0.1, 0.15) is 25.0 Å². The van der Waals surface area contributed by atoms with Crippen molar-refractivity contribution in [1.29, 1.82) is 0 Å². The molecule has 0 amide bonds. The maximum Gasteiger partial charge on any atom is 0.270 e. The highest BCUT2D eigenvalue weighted by Crippen LogP contribution is 2.22. The Bertz CT molecular complexity index is 878. The van der Waals surface area contributed by atoms with Crippen LogP contribution in [0, 0.1) is 17.0 Å². The summed E-state index contributed by atoms with van der Waals surface area (Å²) in [6.07, 6.45) is 0.0134. The quantitative estimate of drug-likeness (QED) is 0.601. The summed E-state index contributed by atoms with van der Waals surface area (Å²) in [7, 11) is -3.88. The van der Waals surface area contributed by atoms with Gasteiger partial charge in [0.05, 0.1) is 15.9 Å². The van der Waals surface area contributed by atoms with Crippen molar-refractivity contribution in [2.24, 2.45) is 0 Å². The van der Waals surface area contributed by atoms with Crippen molar-refractivity contribution in [1.82, 2.24) is 4.72 Å². The van der Waals surface area contributed by atoms with Gasteiger partial charge in [0.1, 0.15) is 5.75 Å². The van der Waals surface area contributed by atoms with Gasteiger partial charge in [-0.05, 0) is 44.0 Å². The van der Waals surface area contributed by atoms with Gasteiger partial charge in [-0.2, -0.15) is 0 Å². The number of benzene rings is 2. The first kappa shape index (κ1) is 18.9. The van der Waals surface area contributed by atoms with Gasteiger partial charge >= 0.3 is 0 Å². The van der Waals surface area contributed by atoms with Crippen molar-refractivity contribution in [3.8, 4) is 5.75 Å². The minimum absolute atomic E-state index is 0.0134. The predicted octanol–water partition coefficient (Wildman–Crippen LogP) is 3.17. The summed E-state index contributed by atoms with van der Waals surface area (Å²) in [5, 5.41) is 10.9. The number of aryl methyl sites for hydroxylation is 1. The third-order valence-electron chi connectivity index (χ3n) is 3.41. The molecule has 0 atom stereocenters. The smallest absolute Gasteiger partial charge is 0.270 e. The lowest BCUT2D eigenvalue weighted by molar-refractivity contribution is -0.385. The summed E-state index contributed by atoms with van der Waals surface area (Å²) in [6.45, 7) is 5.45. The average Bonchev–Trinajstić information content (AvgIpc) is 2.53. The molecule has 0 aliphatic rings. The molecule has 2 aromatic rings. The first-order chi connectivity index (χ1) is 11.7. The van der Waals surface area contributed by atoms with Crippen LogP contribution >= 0.6 is 0 Å². The number of hydrogen-bond acceptors (Lipinski definition) is 5. The highest BCUT2D eigenvalue weighted by atomic mass is 32.2. The van der Waals surface area contributed by atoms with E-state index in [1.165, 1.54) is 12.1 Å². The molecule has 0 aromatic heterocycles. The van der Waals surface area contributed by atoms with Gasteiger partial charge in [0.2, 0.25) is 10.0 Å². The monoisotopic (exact) mass is 364 g/mol. The van der Waals surface area contributed by atoms with Gasteiger partial charge in [-0.15, -0.1) is 0 Å². The summed E-state index contributed by atoms with van der Waals surface area (Å²) >= 11 is 0. The molecule has 0 bridgehead atoms. The number of nitro groups is 1. The molecule has 2 rings (SSSR count). The van der Waals surface area contributed by atoms with Crippen molar-refractivity contribution >= 4 is 15.7 Å². The molecule has 25 heavy (non-hydrogen) atoms. The SMILES string of the molecule is Cc1ccc([N+](=O)[O-])cc1S(=O)(=O)NCc1cccc(OC(C)C)c1. The van der Waals surface area contributed by atoms with Gasteiger partial charge in [-0.3, -0.25) is 10.1 Å². The minimum Gasteiger partial charge on any atom is -0.491 e. The highest BCUT2D eigenvalue weighted by Gasteiger charge is 2.20. The average molecular weight is 364 g/mol. The summed E-state index contributed by atoms with van der Waals surface area (Å²) in [5.41, 5.74) is 0.901. The molecular formula is C17H20N2O5S. The van der Waals surface area contributed by atoms with Crippen LogP contribution in [0.2, 0.25) is 0 Å². The zero-order valence-corrected chi connectivity index (χ0v) is 15.0. The first-order valence-electron chi connectivity index (χ1n) is 7.69. The van der Waals surface area contributed by atoms with E-state index in [0.717, 1.165) is 11.6 Å². The van der Waals surface area contributed by atoms with E-state index in [9.17, 15) is 18.5 Å². The number of ether oxygens (including phenoxy) is 1. The van der Waals surface area contributed by atoms with E-state index in [2.05, 4.69) is 4.72 Å². The molecule has 0 saturated carbocycles. The molecule has 0 saturated heterocycles. The molecule has 8 heteroatoms. The normalized spacial score (nSPS) is 11.5. The Morgan fingerprint density at radius 1 is 1.20 bits per heavy atom. The fourth-order valence-electron chi connectivity index (χ4n) is 2.25. The number of non-ortho nitro benzene ring substituents is 1. The molecule has 2 aromatic carbocycles. The van der Waals surface area contributed by atoms with Crippen LogP contribution in [0.3, 0.4) is 0 Å². The second kappa shape index (κ2) is 7.62. The number of nitro benzene ring substituents is 1. The van der Waals surface area contributed by atoms with E-state index in [1.807, 2.05) is 13.8 Å². The van der Waals surface area contributed by atoms with Crippen molar-refractivity contribution in [3.63, 3.8) is 0 Å². The van der Waals surface area contributed by atoms with Crippen LogP contribution in [-0.4, -0.2) is 19.4 Å². The fraction of sp³-hybridized carbons (Fsp3) is 0.294. The zero-order chi connectivity index (χ0) is 18.6. The number of nitrogens with one attached hydrogen (secondary N) is 1. The summed E-state index contributed by atoms with van der Waals surface area (Å²) in [5.74, 6) is 0.651. The van der Waals surface area contributed by atoms with E-state index in [1.54, 1.807) is 31.2 Å². The Morgan fingerprint density at radius 3 is 2.56 bits per heavy atom. The standard InChI is InChI=1S/C17H20N2O5S/c1-12(2)24-16-6-4-5-14(9-16)11-18-25(22,23)17-10-15(19(20)21)8-7-13(17)3/h4-10,12,18H,11H2,1-3H3. The maximum atomic E-state index is 12.5. The lowest BCUT2D eigenvalue weighted by atomic mass is 10.2.